The zero-order chi connectivity index (χ0) is 12.6. The van der Waals surface area contributed by atoms with E-state index in [0.717, 1.165) is 13.0 Å². The van der Waals surface area contributed by atoms with Crippen LogP contribution in [0.3, 0.4) is 0 Å². The molecule has 6 nitrogen and oxygen atoms in total. The van der Waals surface area contributed by atoms with Crippen molar-refractivity contribution in [3.63, 3.8) is 0 Å². The summed E-state index contributed by atoms with van der Waals surface area (Å²) in [7, 11) is 3.91. The maximum Gasteiger partial charge on any atom is 0.326 e. The van der Waals surface area contributed by atoms with E-state index in [0.29, 0.717) is 13.0 Å². The van der Waals surface area contributed by atoms with Crippen molar-refractivity contribution in [3.8, 4) is 0 Å². The van der Waals surface area contributed by atoms with Gasteiger partial charge in [0.15, 0.2) is 0 Å². The van der Waals surface area contributed by atoms with Crippen LogP contribution >= 0.6 is 0 Å². The summed E-state index contributed by atoms with van der Waals surface area (Å²) in [5, 5.41) is 13.7. The zero-order valence-electron chi connectivity index (χ0n) is 10.1. The second-order valence-corrected chi connectivity index (χ2v) is 3.86. The minimum Gasteiger partial charge on any atom is -0.480 e. The second kappa shape index (κ2) is 7.92. The zero-order valence-corrected chi connectivity index (χ0v) is 10.1. The van der Waals surface area contributed by atoms with E-state index >= 15 is 0 Å². The highest BCUT2D eigenvalue weighted by Crippen LogP contribution is 1.90. The van der Waals surface area contributed by atoms with Crippen LogP contribution in [-0.4, -0.2) is 55.2 Å². The molecule has 0 rings (SSSR count). The number of carboxylic acid groups (broad SMARTS) is 1. The summed E-state index contributed by atoms with van der Waals surface area (Å²) in [5.74, 6) is -1.01. The van der Waals surface area contributed by atoms with Gasteiger partial charge >= 0.3 is 12.0 Å². The molecule has 0 heterocycles. The van der Waals surface area contributed by atoms with Crippen LogP contribution < -0.4 is 10.6 Å². The molecule has 0 aliphatic carbocycles. The van der Waals surface area contributed by atoms with Gasteiger partial charge in [-0.3, -0.25) is 0 Å². The van der Waals surface area contributed by atoms with Gasteiger partial charge in [-0.2, -0.15) is 0 Å². The van der Waals surface area contributed by atoms with Gasteiger partial charge in [-0.1, -0.05) is 6.92 Å². The van der Waals surface area contributed by atoms with E-state index in [1.54, 1.807) is 6.92 Å². The number of amides is 2. The van der Waals surface area contributed by atoms with Crippen LogP contribution in [0.1, 0.15) is 19.8 Å². The number of hydrogen-bond donors (Lipinski definition) is 3. The molecule has 6 heteroatoms. The van der Waals surface area contributed by atoms with Gasteiger partial charge in [0.05, 0.1) is 0 Å². The third-order valence-corrected chi connectivity index (χ3v) is 2.08. The molecular formula is C10H21N3O3. The highest BCUT2D eigenvalue weighted by molar-refractivity contribution is 5.82. The number of carboxylic acids is 1. The fraction of sp³-hybridized carbons (Fsp3) is 0.800. The number of carbonyl (C=O) groups is 2. The lowest BCUT2D eigenvalue weighted by molar-refractivity contribution is -0.139. The number of nitrogens with zero attached hydrogens (tertiary/aromatic N) is 1. The van der Waals surface area contributed by atoms with E-state index in [1.807, 2.05) is 19.0 Å². The molecule has 0 aromatic carbocycles. The van der Waals surface area contributed by atoms with Crippen LogP contribution in [0.4, 0.5) is 4.79 Å². The lowest BCUT2D eigenvalue weighted by Gasteiger charge is -2.14. The molecule has 94 valence electrons. The quantitative estimate of drug-likeness (QED) is 0.543. The van der Waals surface area contributed by atoms with Crippen LogP contribution in [0.5, 0.6) is 0 Å². The van der Waals surface area contributed by atoms with E-state index < -0.39 is 18.0 Å². The minimum absolute atomic E-state index is 0.375. The monoisotopic (exact) mass is 231 g/mol. The molecule has 0 aromatic heterocycles. The summed E-state index contributed by atoms with van der Waals surface area (Å²) < 4.78 is 0. The Kier molecular flexibility index (Phi) is 7.28. The Morgan fingerprint density at radius 3 is 2.44 bits per heavy atom. The maximum absolute atomic E-state index is 11.3. The molecule has 0 bridgehead atoms. The van der Waals surface area contributed by atoms with Crippen molar-refractivity contribution in [3.05, 3.63) is 0 Å². The maximum atomic E-state index is 11.3. The van der Waals surface area contributed by atoms with Gasteiger partial charge < -0.3 is 20.6 Å². The molecule has 3 N–H and O–H groups in total. The SMILES string of the molecule is CC[C@H](NC(=O)NCCCN(C)C)C(=O)O. The van der Waals surface area contributed by atoms with Gasteiger partial charge in [-0.05, 0) is 33.5 Å². The Balaban J connectivity index is 3.69. The van der Waals surface area contributed by atoms with E-state index in [9.17, 15) is 9.59 Å². The van der Waals surface area contributed by atoms with E-state index in [-0.39, 0.29) is 0 Å². The molecule has 0 saturated heterocycles. The average molecular weight is 231 g/mol. The van der Waals surface area contributed by atoms with Crippen molar-refractivity contribution in [1.82, 2.24) is 15.5 Å². The molecule has 16 heavy (non-hydrogen) atoms. The first-order valence-electron chi connectivity index (χ1n) is 5.39. The third-order valence-electron chi connectivity index (χ3n) is 2.08. The normalized spacial score (nSPS) is 12.2. The Morgan fingerprint density at radius 2 is 2.00 bits per heavy atom. The smallest absolute Gasteiger partial charge is 0.326 e. The summed E-state index contributed by atoms with van der Waals surface area (Å²) in [5.41, 5.74) is 0. The van der Waals surface area contributed by atoms with Gasteiger partial charge in [0.25, 0.3) is 0 Å². The third kappa shape index (κ3) is 7.05. The van der Waals surface area contributed by atoms with E-state index in [1.165, 1.54) is 0 Å². The molecule has 0 aromatic rings. The van der Waals surface area contributed by atoms with E-state index in [2.05, 4.69) is 10.6 Å². The van der Waals surface area contributed by atoms with E-state index in [4.69, 9.17) is 5.11 Å². The molecule has 0 aliphatic heterocycles. The second-order valence-electron chi connectivity index (χ2n) is 3.86. The fourth-order valence-electron chi connectivity index (χ4n) is 1.14. The lowest BCUT2D eigenvalue weighted by Crippen LogP contribution is -2.46. The van der Waals surface area contributed by atoms with Crippen LogP contribution in [0.25, 0.3) is 0 Å². The number of hydrogen-bond acceptors (Lipinski definition) is 3. The number of aliphatic carboxylic acids is 1. The fourth-order valence-corrected chi connectivity index (χ4v) is 1.14. The summed E-state index contributed by atoms with van der Waals surface area (Å²) in [6, 6.07) is -1.23. The predicted octanol–water partition coefficient (Wildman–Crippen LogP) is 0.101. The summed E-state index contributed by atoms with van der Waals surface area (Å²) in [4.78, 5) is 23.9. The van der Waals surface area contributed by atoms with Gasteiger partial charge in [0, 0.05) is 6.54 Å². The first-order chi connectivity index (χ1) is 7.47. The van der Waals surface area contributed by atoms with Gasteiger partial charge in [0.1, 0.15) is 6.04 Å². The standard InChI is InChI=1S/C10H21N3O3/c1-4-8(9(14)15)12-10(16)11-6-5-7-13(2)3/h8H,4-7H2,1-3H3,(H,14,15)(H2,11,12,16)/t8-/m0/s1. The van der Waals surface area contributed by atoms with Crippen molar-refractivity contribution in [1.29, 1.82) is 0 Å². The van der Waals surface area contributed by atoms with Crippen molar-refractivity contribution in [2.75, 3.05) is 27.2 Å². The molecule has 0 fully saturated rings. The van der Waals surface area contributed by atoms with Crippen LogP contribution in [0.2, 0.25) is 0 Å². The molecule has 0 unspecified atom stereocenters. The number of carbonyl (C=O) groups excluding carboxylic acids is 1. The van der Waals surface area contributed by atoms with Crippen molar-refractivity contribution in [2.45, 2.75) is 25.8 Å². The Labute approximate surface area is 96.0 Å². The van der Waals surface area contributed by atoms with Gasteiger partial charge in [-0.25, -0.2) is 9.59 Å². The number of nitrogens with one attached hydrogen (secondary N) is 2. The predicted molar refractivity (Wildman–Crippen MR) is 61.4 cm³/mol. The van der Waals surface area contributed by atoms with Crippen LogP contribution in [-0.2, 0) is 4.79 Å². The van der Waals surface area contributed by atoms with Gasteiger partial charge in [0.2, 0.25) is 0 Å². The highest BCUT2D eigenvalue weighted by atomic mass is 16.4. The lowest BCUT2D eigenvalue weighted by atomic mass is 10.2. The largest absolute Gasteiger partial charge is 0.480 e. The van der Waals surface area contributed by atoms with Crippen LogP contribution in [0, 0.1) is 0 Å². The highest BCUT2D eigenvalue weighted by Gasteiger charge is 2.16. The number of urea groups is 1. The molecule has 0 radical (unpaired) electrons. The Morgan fingerprint density at radius 1 is 1.38 bits per heavy atom. The Bertz CT molecular complexity index is 231. The summed E-state index contributed by atoms with van der Waals surface area (Å²) in [6.45, 7) is 3.14. The van der Waals surface area contributed by atoms with Crippen molar-refractivity contribution < 1.29 is 14.7 Å². The molecule has 0 spiro atoms. The van der Waals surface area contributed by atoms with Crippen molar-refractivity contribution >= 4 is 12.0 Å². The molecule has 2 amide bonds. The number of rotatable bonds is 7. The molecular weight excluding hydrogens is 210 g/mol. The van der Waals surface area contributed by atoms with Crippen LogP contribution in [0.15, 0.2) is 0 Å². The summed E-state index contributed by atoms with van der Waals surface area (Å²) in [6.07, 6.45) is 1.21. The molecule has 0 saturated carbocycles. The Hall–Kier alpha value is -1.30. The minimum atomic E-state index is -1.01. The first-order valence-corrected chi connectivity index (χ1v) is 5.39. The first kappa shape index (κ1) is 14.7. The van der Waals surface area contributed by atoms with Gasteiger partial charge in [-0.15, -0.1) is 0 Å². The average Bonchev–Trinajstić information content (AvgIpc) is 2.20. The summed E-state index contributed by atoms with van der Waals surface area (Å²) >= 11 is 0. The topological polar surface area (TPSA) is 81.7 Å². The molecule has 1 atom stereocenters. The van der Waals surface area contributed by atoms with Crippen molar-refractivity contribution in [2.24, 2.45) is 0 Å². The molecule has 0 aliphatic rings.